The highest BCUT2D eigenvalue weighted by Crippen LogP contribution is 2.06. The topological polar surface area (TPSA) is 15.3 Å². The summed E-state index contributed by atoms with van der Waals surface area (Å²) in [5.41, 5.74) is 0. The van der Waals surface area contributed by atoms with Gasteiger partial charge in [0.25, 0.3) is 0 Å². The van der Waals surface area contributed by atoms with E-state index in [9.17, 15) is 0 Å². The highest BCUT2D eigenvalue weighted by Gasteiger charge is 2.18. The largest absolute Gasteiger partial charge is 0.316 e. The molecule has 2 heteroatoms. The zero-order valence-electron chi connectivity index (χ0n) is 6.35. The van der Waals surface area contributed by atoms with E-state index in [0.717, 1.165) is 6.04 Å². The molecule has 0 amide bonds. The molecule has 1 saturated heterocycles. The second-order valence-corrected chi connectivity index (χ2v) is 2.67. The van der Waals surface area contributed by atoms with Gasteiger partial charge in [0, 0.05) is 12.6 Å². The summed E-state index contributed by atoms with van der Waals surface area (Å²) >= 11 is 0. The lowest BCUT2D eigenvalue weighted by molar-refractivity contribution is 0.348. The number of hydrogen-bond donors (Lipinski definition) is 1. The summed E-state index contributed by atoms with van der Waals surface area (Å²) in [6.45, 7) is 5.95. The molecule has 1 fully saturated rings. The molecule has 0 saturated carbocycles. The van der Waals surface area contributed by atoms with Crippen molar-refractivity contribution < 1.29 is 0 Å². The van der Waals surface area contributed by atoms with E-state index in [1.165, 1.54) is 26.1 Å². The van der Waals surface area contributed by atoms with Gasteiger partial charge in [-0.15, -0.1) is 0 Å². The molecule has 0 bridgehead atoms. The van der Waals surface area contributed by atoms with Crippen molar-refractivity contribution >= 4 is 0 Å². The van der Waals surface area contributed by atoms with Crippen LogP contribution in [0.4, 0.5) is 0 Å². The molecule has 1 N–H and O–H groups in total. The monoisotopic (exact) mass is 128 g/mol. The van der Waals surface area contributed by atoms with Crippen molar-refractivity contribution in [2.24, 2.45) is 0 Å². The smallest absolute Gasteiger partial charge is 0.0204 e. The molecule has 0 radical (unpaired) electrons. The van der Waals surface area contributed by atoms with Crippen LogP contribution < -0.4 is 5.32 Å². The third kappa shape index (κ3) is 1.66. The fourth-order valence-electron chi connectivity index (χ4n) is 1.36. The molecule has 0 aromatic carbocycles. The van der Waals surface area contributed by atoms with Crippen molar-refractivity contribution in [1.82, 2.24) is 10.2 Å². The Bertz CT molecular complexity index is 73.0. The number of hydrogen-bond acceptors (Lipinski definition) is 2. The predicted octanol–water partition coefficient (Wildman–Crippen LogP) is 0.300. The summed E-state index contributed by atoms with van der Waals surface area (Å²) in [6, 6.07) is 0.755. The fraction of sp³-hybridized carbons (Fsp3) is 1.00. The van der Waals surface area contributed by atoms with E-state index >= 15 is 0 Å². The van der Waals surface area contributed by atoms with Gasteiger partial charge in [-0.2, -0.15) is 0 Å². The van der Waals surface area contributed by atoms with E-state index in [1.807, 2.05) is 7.05 Å². The van der Waals surface area contributed by atoms with Crippen LogP contribution in [-0.4, -0.2) is 37.6 Å². The van der Waals surface area contributed by atoms with E-state index in [-0.39, 0.29) is 0 Å². The van der Waals surface area contributed by atoms with Gasteiger partial charge in [-0.3, -0.25) is 0 Å². The first kappa shape index (κ1) is 7.03. The molecule has 9 heavy (non-hydrogen) atoms. The minimum atomic E-state index is 0.755. The highest BCUT2D eigenvalue weighted by molar-refractivity contribution is 4.78. The number of nitrogens with one attached hydrogen (secondary N) is 1. The average Bonchev–Trinajstić information content (AvgIpc) is 2.34. The first-order valence-corrected chi connectivity index (χ1v) is 3.76. The van der Waals surface area contributed by atoms with Gasteiger partial charge < -0.3 is 10.2 Å². The SMILES string of the molecule is CCN1CCC(NC)C1. The zero-order valence-corrected chi connectivity index (χ0v) is 6.35. The van der Waals surface area contributed by atoms with E-state index in [0.29, 0.717) is 0 Å². The molecular formula is C7H16N2. The first-order valence-electron chi connectivity index (χ1n) is 3.76. The maximum absolute atomic E-state index is 3.29. The summed E-state index contributed by atoms with van der Waals surface area (Å²) in [7, 11) is 2.05. The third-order valence-electron chi connectivity index (χ3n) is 2.13. The highest BCUT2D eigenvalue weighted by atomic mass is 15.2. The van der Waals surface area contributed by atoms with Gasteiger partial charge >= 0.3 is 0 Å². The Morgan fingerprint density at radius 1 is 1.67 bits per heavy atom. The lowest BCUT2D eigenvalue weighted by atomic mass is 10.3. The van der Waals surface area contributed by atoms with Gasteiger partial charge in [0.15, 0.2) is 0 Å². The first-order chi connectivity index (χ1) is 4.36. The minimum Gasteiger partial charge on any atom is -0.316 e. The molecule has 0 aromatic rings. The molecular weight excluding hydrogens is 112 g/mol. The Balaban J connectivity index is 2.20. The van der Waals surface area contributed by atoms with Crippen LogP contribution in [0, 0.1) is 0 Å². The maximum Gasteiger partial charge on any atom is 0.0204 e. The number of nitrogens with zero attached hydrogens (tertiary/aromatic N) is 1. The normalized spacial score (nSPS) is 29.3. The Hall–Kier alpha value is -0.0800. The summed E-state index contributed by atoms with van der Waals surface area (Å²) in [5, 5.41) is 3.29. The molecule has 0 spiro atoms. The zero-order chi connectivity index (χ0) is 6.69. The van der Waals surface area contributed by atoms with E-state index < -0.39 is 0 Å². The van der Waals surface area contributed by atoms with Gasteiger partial charge in [0.05, 0.1) is 0 Å². The molecule has 1 aliphatic rings. The molecule has 1 unspecified atom stereocenters. The van der Waals surface area contributed by atoms with Crippen LogP contribution >= 0.6 is 0 Å². The van der Waals surface area contributed by atoms with Gasteiger partial charge in [-0.25, -0.2) is 0 Å². The maximum atomic E-state index is 3.29. The molecule has 54 valence electrons. The molecule has 1 heterocycles. The molecule has 0 aliphatic carbocycles. The standard InChI is InChI=1S/C7H16N2/c1-3-9-5-4-7(6-9)8-2/h7-8H,3-6H2,1-2H3. The summed E-state index contributed by atoms with van der Waals surface area (Å²) in [6.07, 6.45) is 1.32. The summed E-state index contributed by atoms with van der Waals surface area (Å²) in [5.74, 6) is 0. The Morgan fingerprint density at radius 3 is 2.78 bits per heavy atom. The predicted molar refractivity (Wildman–Crippen MR) is 39.6 cm³/mol. The van der Waals surface area contributed by atoms with E-state index in [4.69, 9.17) is 0 Å². The van der Waals surface area contributed by atoms with E-state index in [2.05, 4.69) is 17.1 Å². The van der Waals surface area contributed by atoms with Crippen LogP contribution in [0.15, 0.2) is 0 Å². The molecule has 0 aromatic heterocycles. The van der Waals surface area contributed by atoms with Crippen molar-refractivity contribution in [3.05, 3.63) is 0 Å². The van der Waals surface area contributed by atoms with Crippen LogP contribution in [-0.2, 0) is 0 Å². The quantitative estimate of drug-likeness (QED) is 0.575. The van der Waals surface area contributed by atoms with Crippen molar-refractivity contribution in [2.75, 3.05) is 26.7 Å². The summed E-state index contributed by atoms with van der Waals surface area (Å²) in [4.78, 5) is 2.47. The van der Waals surface area contributed by atoms with Crippen LogP contribution in [0.2, 0.25) is 0 Å². The summed E-state index contributed by atoms with van der Waals surface area (Å²) < 4.78 is 0. The van der Waals surface area contributed by atoms with Crippen LogP contribution in [0.5, 0.6) is 0 Å². The minimum absolute atomic E-state index is 0.755. The van der Waals surface area contributed by atoms with Crippen LogP contribution in [0.3, 0.4) is 0 Å². The Morgan fingerprint density at radius 2 is 2.44 bits per heavy atom. The molecule has 1 atom stereocenters. The Labute approximate surface area is 57.2 Å². The number of likely N-dealkylation sites (tertiary alicyclic amines) is 1. The van der Waals surface area contributed by atoms with Crippen molar-refractivity contribution in [2.45, 2.75) is 19.4 Å². The van der Waals surface area contributed by atoms with Crippen molar-refractivity contribution in [1.29, 1.82) is 0 Å². The number of likely N-dealkylation sites (N-methyl/N-ethyl adjacent to an activating group) is 2. The molecule has 2 nitrogen and oxygen atoms in total. The Kier molecular flexibility index (Phi) is 2.49. The van der Waals surface area contributed by atoms with E-state index in [1.54, 1.807) is 0 Å². The van der Waals surface area contributed by atoms with Gasteiger partial charge in [0.1, 0.15) is 0 Å². The van der Waals surface area contributed by atoms with Gasteiger partial charge in [0.2, 0.25) is 0 Å². The lowest BCUT2D eigenvalue weighted by Crippen LogP contribution is -2.29. The van der Waals surface area contributed by atoms with Crippen LogP contribution in [0.25, 0.3) is 0 Å². The second-order valence-electron chi connectivity index (χ2n) is 2.67. The third-order valence-corrected chi connectivity index (χ3v) is 2.13. The van der Waals surface area contributed by atoms with Gasteiger partial charge in [-0.1, -0.05) is 6.92 Å². The average molecular weight is 128 g/mol. The number of rotatable bonds is 2. The van der Waals surface area contributed by atoms with Crippen LogP contribution in [0.1, 0.15) is 13.3 Å². The fourth-order valence-corrected chi connectivity index (χ4v) is 1.36. The second kappa shape index (κ2) is 3.18. The lowest BCUT2D eigenvalue weighted by Gasteiger charge is -2.11. The molecule has 1 rings (SSSR count). The van der Waals surface area contributed by atoms with Crippen molar-refractivity contribution in [3.8, 4) is 0 Å². The van der Waals surface area contributed by atoms with Gasteiger partial charge in [-0.05, 0) is 26.6 Å². The molecule has 1 aliphatic heterocycles. The van der Waals surface area contributed by atoms with Crippen molar-refractivity contribution in [3.63, 3.8) is 0 Å².